The van der Waals surface area contributed by atoms with E-state index in [0.717, 1.165) is 45.4 Å². The molecule has 0 bridgehead atoms. The van der Waals surface area contributed by atoms with E-state index >= 15 is 0 Å². The van der Waals surface area contributed by atoms with Crippen molar-refractivity contribution in [2.45, 2.75) is 56.7 Å². The Morgan fingerprint density at radius 1 is 1.47 bits per heavy atom. The second-order valence-corrected chi connectivity index (χ2v) is 6.20. The van der Waals surface area contributed by atoms with Crippen LogP contribution in [-0.4, -0.2) is 60.4 Å². The van der Waals surface area contributed by atoms with E-state index in [1.807, 2.05) is 7.05 Å². The minimum atomic E-state index is -0.800. The summed E-state index contributed by atoms with van der Waals surface area (Å²) in [5, 5.41) is 12.7. The molecule has 1 heterocycles. The molecule has 0 aromatic carbocycles. The summed E-state index contributed by atoms with van der Waals surface area (Å²) in [5.41, 5.74) is -0.800. The molecule has 2 N–H and O–H groups in total. The Bertz CT molecular complexity index is 314. The van der Waals surface area contributed by atoms with Gasteiger partial charge < -0.3 is 14.7 Å². The highest BCUT2D eigenvalue weighted by atomic mass is 16.5. The minimum absolute atomic E-state index is 0.331. The molecule has 0 aromatic heterocycles. The van der Waals surface area contributed by atoms with Gasteiger partial charge in [0.2, 0.25) is 0 Å². The average Bonchev–Trinajstić information content (AvgIpc) is 3.00. The van der Waals surface area contributed by atoms with Gasteiger partial charge in [-0.1, -0.05) is 0 Å². The van der Waals surface area contributed by atoms with Crippen LogP contribution in [0.15, 0.2) is 0 Å². The van der Waals surface area contributed by atoms with Crippen LogP contribution in [0.3, 0.4) is 0 Å². The highest BCUT2D eigenvalue weighted by Gasteiger charge is 2.38. The molecule has 5 nitrogen and oxygen atoms in total. The molecule has 0 spiro atoms. The number of aliphatic carboxylic acids is 1. The molecule has 2 atom stereocenters. The maximum Gasteiger partial charge on any atom is 0.323 e. The van der Waals surface area contributed by atoms with E-state index < -0.39 is 11.5 Å². The maximum absolute atomic E-state index is 11.4. The van der Waals surface area contributed by atoms with E-state index in [2.05, 4.69) is 10.2 Å². The summed E-state index contributed by atoms with van der Waals surface area (Å²) in [4.78, 5) is 13.6. The van der Waals surface area contributed by atoms with Crippen LogP contribution < -0.4 is 5.32 Å². The Morgan fingerprint density at radius 3 is 2.74 bits per heavy atom. The number of ether oxygens (including phenoxy) is 1. The fourth-order valence-electron chi connectivity index (χ4n) is 2.56. The molecule has 0 aromatic rings. The van der Waals surface area contributed by atoms with E-state index in [0.29, 0.717) is 18.6 Å². The predicted octanol–water partition coefficient (Wildman–Crippen LogP) is 1.08. The molecule has 1 aliphatic carbocycles. The van der Waals surface area contributed by atoms with Crippen molar-refractivity contribution >= 4 is 5.97 Å². The van der Waals surface area contributed by atoms with Gasteiger partial charge in [-0.05, 0) is 46.1 Å². The molecule has 1 saturated heterocycles. The van der Waals surface area contributed by atoms with Crippen LogP contribution >= 0.6 is 0 Å². The third-order valence-corrected chi connectivity index (χ3v) is 4.10. The standard InChI is InChI=1S/C14H26N2O3/c1-14(13(17)18,15-11-5-6-11)7-8-16(2)10-12-4-3-9-19-12/h11-12,15H,3-10H2,1-2H3,(H,17,18). The number of carboxylic acid groups (broad SMARTS) is 1. The summed E-state index contributed by atoms with van der Waals surface area (Å²) >= 11 is 0. The van der Waals surface area contributed by atoms with E-state index in [9.17, 15) is 9.90 Å². The largest absolute Gasteiger partial charge is 0.480 e. The quantitative estimate of drug-likeness (QED) is 0.691. The summed E-state index contributed by atoms with van der Waals surface area (Å²) in [6.45, 7) is 4.35. The van der Waals surface area contributed by atoms with Crippen molar-refractivity contribution in [2.24, 2.45) is 0 Å². The Morgan fingerprint density at radius 2 is 2.21 bits per heavy atom. The molecule has 5 heteroatoms. The first-order chi connectivity index (χ1) is 8.99. The lowest BCUT2D eigenvalue weighted by Crippen LogP contribution is -2.52. The number of hydrogen-bond acceptors (Lipinski definition) is 4. The summed E-state index contributed by atoms with van der Waals surface area (Å²) in [5.74, 6) is -0.745. The lowest BCUT2D eigenvalue weighted by molar-refractivity contribution is -0.144. The first kappa shape index (κ1) is 14.8. The van der Waals surface area contributed by atoms with Gasteiger partial charge in [-0.25, -0.2) is 0 Å². The molecule has 2 rings (SSSR count). The highest BCUT2D eigenvalue weighted by Crippen LogP contribution is 2.24. The van der Waals surface area contributed by atoms with E-state index in [1.54, 1.807) is 6.92 Å². The monoisotopic (exact) mass is 270 g/mol. The molecule has 19 heavy (non-hydrogen) atoms. The number of hydrogen-bond donors (Lipinski definition) is 2. The van der Waals surface area contributed by atoms with Gasteiger partial charge in [-0.2, -0.15) is 0 Å². The molecule has 1 aliphatic heterocycles. The molecular formula is C14H26N2O3. The van der Waals surface area contributed by atoms with Gasteiger partial charge in [0.25, 0.3) is 0 Å². The van der Waals surface area contributed by atoms with Crippen LogP contribution in [0.25, 0.3) is 0 Å². The Kier molecular flexibility index (Phi) is 4.81. The number of carboxylic acids is 1. The van der Waals surface area contributed by atoms with Gasteiger partial charge in [-0.15, -0.1) is 0 Å². The molecular weight excluding hydrogens is 244 g/mol. The van der Waals surface area contributed by atoms with E-state index in [-0.39, 0.29) is 0 Å². The fourth-order valence-corrected chi connectivity index (χ4v) is 2.56. The minimum Gasteiger partial charge on any atom is -0.480 e. The third kappa shape index (κ3) is 4.44. The predicted molar refractivity (Wildman–Crippen MR) is 73.3 cm³/mol. The average molecular weight is 270 g/mol. The number of nitrogens with zero attached hydrogens (tertiary/aromatic N) is 1. The van der Waals surface area contributed by atoms with Gasteiger partial charge in [0.05, 0.1) is 6.10 Å². The van der Waals surface area contributed by atoms with Crippen LogP contribution in [0.2, 0.25) is 0 Å². The van der Waals surface area contributed by atoms with Crippen molar-refractivity contribution in [3.05, 3.63) is 0 Å². The zero-order valence-electron chi connectivity index (χ0n) is 12.0. The lowest BCUT2D eigenvalue weighted by atomic mass is 9.97. The molecule has 0 amide bonds. The van der Waals surface area contributed by atoms with Crippen LogP contribution in [0.1, 0.15) is 39.0 Å². The number of likely N-dealkylation sites (N-methyl/N-ethyl adjacent to an activating group) is 1. The summed E-state index contributed by atoms with van der Waals surface area (Å²) in [6.07, 6.45) is 5.44. The Balaban J connectivity index is 1.75. The Labute approximate surface area is 115 Å². The van der Waals surface area contributed by atoms with Gasteiger partial charge in [0.1, 0.15) is 5.54 Å². The fraction of sp³-hybridized carbons (Fsp3) is 0.929. The lowest BCUT2D eigenvalue weighted by Gasteiger charge is -2.29. The first-order valence-corrected chi connectivity index (χ1v) is 7.31. The molecule has 2 unspecified atom stereocenters. The van der Waals surface area contributed by atoms with Gasteiger partial charge in [-0.3, -0.25) is 10.1 Å². The Hall–Kier alpha value is -0.650. The van der Waals surface area contributed by atoms with E-state index in [1.165, 1.54) is 0 Å². The normalized spacial score (nSPS) is 26.6. The smallest absolute Gasteiger partial charge is 0.323 e. The molecule has 110 valence electrons. The van der Waals surface area contributed by atoms with Gasteiger partial charge >= 0.3 is 5.97 Å². The van der Waals surface area contributed by atoms with E-state index in [4.69, 9.17) is 4.74 Å². The number of rotatable bonds is 8. The molecule has 2 fully saturated rings. The van der Waals surface area contributed by atoms with Crippen molar-refractivity contribution in [1.29, 1.82) is 0 Å². The van der Waals surface area contributed by atoms with Crippen molar-refractivity contribution in [1.82, 2.24) is 10.2 Å². The second-order valence-electron chi connectivity index (χ2n) is 6.20. The summed E-state index contributed by atoms with van der Waals surface area (Å²) < 4.78 is 5.60. The highest BCUT2D eigenvalue weighted by molar-refractivity contribution is 5.78. The van der Waals surface area contributed by atoms with Crippen molar-refractivity contribution in [3.8, 4) is 0 Å². The van der Waals surface area contributed by atoms with Crippen LogP contribution in [-0.2, 0) is 9.53 Å². The van der Waals surface area contributed by atoms with Crippen LogP contribution in [0.5, 0.6) is 0 Å². The maximum atomic E-state index is 11.4. The SMILES string of the molecule is CN(CCC(C)(NC1CC1)C(=O)O)CC1CCCO1. The first-order valence-electron chi connectivity index (χ1n) is 7.31. The summed E-state index contributed by atoms with van der Waals surface area (Å²) in [6, 6.07) is 0.407. The third-order valence-electron chi connectivity index (χ3n) is 4.10. The van der Waals surface area contributed by atoms with Crippen LogP contribution in [0, 0.1) is 0 Å². The molecule has 2 aliphatic rings. The number of carbonyl (C=O) groups is 1. The zero-order chi connectivity index (χ0) is 13.9. The van der Waals surface area contributed by atoms with Crippen molar-refractivity contribution in [3.63, 3.8) is 0 Å². The summed E-state index contributed by atoms with van der Waals surface area (Å²) in [7, 11) is 2.04. The number of nitrogens with one attached hydrogen (secondary N) is 1. The zero-order valence-corrected chi connectivity index (χ0v) is 12.0. The topological polar surface area (TPSA) is 61.8 Å². The van der Waals surface area contributed by atoms with Crippen molar-refractivity contribution in [2.75, 3.05) is 26.7 Å². The molecule has 0 radical (unpaired) electrons. The molecule has 1 saturated carbocycles. The van der Waals surface area contributed by atoms with Crippen LogP contribution in [0.4, 0.5) is 0 Å². The van der Waals surface area contributed by atoms with Gasteiger partial charge in [0.15, 0.2) is 0 Å². The van der Waals surface area contributed by atoms with Crippen molar-refractivity contribution < 1.29 is 14.6 Å². The second kappa shape index (κ2) is 6.20. The van der Waals surface area contributed by atoms with Gasteiger partial charge in [0, 0.05) is 25.7 Å².